The smallest absolute Gasteiger partial charge is 0.270 e. The number of amides is 2. The van der Waals surface area contributed by atoms with E-state index in [1.807, 2.05) is 22.6 Å². The van der Waals surface area contributed by atoms with Crippen LogP contribution in [0.5, 0.6) is 0 Å². The number of furan rings is 1. The molecule has 2 aromatic rings. The lowest BCUT2D eigenvalue weighted by atomic mass is 10.1. The van der Waals surface area contributed by atoms with E-state index in [2.05, 4.69) is 21.2 Å². The predicted molar refractivity (Wildman–Crippen MR) is 112 cm³/mol. The Morgan fingerprint density at radius 1 is 1.32 bits per heavy atom. The van der Waals surface area contributed by atoms with Crippen molar-refractivity contribution in [1.82, 2.24) is 5.32 Å². The number of nitrogens with one attached hydrogen (secondary N) is 1. The summed E-state index contributed by atoms with van der Waals surface area (Å²) in [4.78, 5) is 26.2. The Morgan fingerprint density at radius 3 is 2.68 bits per heavy atom. The van der Waals surface area contributed by atoms with E-state index >= 15 is 0 Å². The van der Waals surface area contributed by atoms with E-state index in [-0.39, 0.29) is 26.4 Å². The summed E-state index contributed by atoms with van der Waals surface area (Å²) in [5, 5.41) is 2.82. The van der Waals surface area contributed by atoms with Crippen molar-refractivity contribution in [2.75, 3.05) is 4.90 Å². The van der Waals surface area contributed by atoms with E-state index in [1.54, 1.807) is 24.3 Å². The molecule has 1 saturated heterocycles. The normalized spacial score (nSPS) is 16.6. The van der Waals surface area contributed by atoms with Gasteiger partial charge in [-0.05, 0) is 52.4 Å². The highest BCUT2D eigenvalue weighted by molar-refractivity contribution is 14.1. The van der Waals surface area contributed by atoms with Crippen molar-refractivity contribution < 1.29 is 14.0 Å². The van der Waals surface area contributed by atoms with Gasteiger partial charge in [-0.15, -0.1) is 0 Å². The molecular weight excluding hydrogens is 566 g/mol. The van der Waals surface area contributed by atoms with Crippen molar-refractivity contribution in [3.05, 3.63) is 53.9 Å². The molecule has 2 amide bonds. The molecule has 10 heteroatoms. The molecular formula is C15H6BrCl2IN2O3S. The van der Waals surface area contributed by atoms with Crippen LogP contribution in [0.4, 0.5) is 5.69 Å². The lowest BCUT2D eigenvalue weighted by Gasteiger charge is -2.29. The van der Waals surface area contributed by atoms with Crippen LogP contribution in [0.3, 0.4) is 0 Å². The maximum absolute atomic E-state index is 12.9. The summed E-state index contributed by atoms with van der Waals surface area (Å²) in [6, 6.07) is 6.45. The second-order valence-electron chi connectivity index (χ2n) is 4.80. The zero-order valence-electron chi connectivity index (χ0n) is 12.0. The maximum atomic E-state index is 12.9. The molecule has 0 spiro atoms. The zero-order valence-corrected chi connectivity index (χ0v) is 18.1. The molecule has 3 rings (SSSR count). The van der Waals surface area contributed by atoms with Crippen LogP contribution < -0.4 is 10.2 Å². The van der Waals surface area contributed by atoms with Gasteiger partial charge in [-0.25, -0.2) is 0 Å². The SMILES string of the molecule is O=C1NC(=S)N(c2cccc(Cl)c2Cl)C(=O)/C1=C/c1cc(Br)c(I)o1. The van der Waals surface area contributed by atoms with Crippen LogP contribution in [-0.2, 0) is 9.59 Å². The molecule has 5 nitrogen and oxygen atoms in total. The summed E-state index contributed by atoms with van der Waals surface area (Å²) < 4.78 is 6.77. The third-order valence-corrected chi connectivity index (χ3v) is 6.45. The van der Waals surface area contributed by atoms with Crippen LogP contribution in [0.1, 0.15) is 5.76 Å². The average Bonchev–Trinajstić information content (AvgIpc) is 2.86. The Balaban J connectivity index is 2.07. The number of nitrogens with zero attached hydrogens (tertiary/aromatic N) is 1. The zero-order chi connectivity index (χ0) is 18.3. The molecule has 0 atom stereocenters. The fourth-order valence-electron chi connectivity index (χ4n) is 2.12. The van der Waals surface area contributed by atoms with Crippen molar-refractivity contribution in [3.8, 4) is 0 Å². The first-order valence-electron chi connectivity index (χ1n) is 6.60. The number of rotatable bonds is 2. The van der Waals surface area contributed by atoms with Gasteiger partial charge in [-0.3, -0.25) is 19.8 Å². The highest BCUT2D eigenvalue weighted by atomic mass is 127. The minimum Gasteiger partial charge on any atom is -0.450 e. The second-order valence-corrected chi connectivity index (χ2v) is 7.81. The van der Waals surface area contributed by atoms with Crippen LogP contribution in [0.2, 0.25) is 10.0 Å². The molecule has 25 heavy (non-hydrogen) atoms. The summed E-state index contributed by atoms with van der Waals surface area (Å²) in [5.41, 5.74) is 0.146. The largest absolute Gasteiger partial charge is 0.450 e. The van der Waals surface area contributed by atoms with Gasteiger partial charge >= 0.3 is 0 Å². The van der Waals surface area contributed by atoms with E-state index in [0.717, 1.165) is 4.90 Å². The quantitative estimate of drug-likeness (QED) is 0.244. The lowest BCUT2D eigenvalue weighted by molar-refractivity contribution is -0.122. The topological polar surface area (TPSA) is 62.6 Å². The van der Waals surface area contributed by atoms with Gasteiger partial charge in [-0.2, -0.15) is 0 Å². The van der Waals surface area contributed by atoms with E-state index < -0.39 is 11.8 Å². The van der Waals surface area contributed by atoms with Crippen molar-refractivity contribution in [2.45, 2.75) is 0 Å². The number of thiocarbonyl (C=S) groups is 1. The summed E-state index contributed by atoms with van der Waals surface area (Å²) in [7, 11) is 0. The molecule has 0 aliphatic carbocycles. The van der Waals surface area contributed by atoms with Gasteiger partial charge in [0.2, 0.25) is 0 Å². The third-order valence-electron chi connectivity index (χ3n) is 3.22. The fraction of sp³-hybridized carbons (Fsp3) is 0. The second kappa shape index (κ2) is 7.36. The fourth-order valence-corrected chi connectivity index (χ4v) is 3.49. The molecule has 1 N–H and O–H groups in total. The molecule has 128 valence electrons. The Hall–Kier alpha value is -0.940. The van der Waals surface area contributed by atoms with E-state index in [9.17, 15) is 9.59 Å². The standard InChI is InChI=1S/C15H6BrCl2IN2O3S/c16-8-5-6(24-12(8)19)4-7-13(22)20-15(25)21(14(7)23)10-3-1-2-9(17)11(10)18/h1-5H,(H,20,22,25)/b7-4+. The Labute approximate surface area is 179 Å². The minimum atomic E-state index is -0.625. The monoisotopic (exact) mass is 570 g/mol. The first-order valence-corrected chi connectivity index (χ1v) is 9.63. The Morgan fingerprint density at radius 2 is 2.04 bits per heavy atom. The van der Waals surface area contributed by atoms with E-state index in [4.69, 9.17) is 39.8 Å². The predicted octanol–water partition coefficient (Wildman–Crippen LogP) is 4.78. The molecule has 0 saturated carbocycles. The molecule has 0 bridgehead atoms. The highest BCUT2D eigenvalue weighted by Crippen LogP contribution is 2.34. The molecule has 1 aliphatic heterocycles. The maximum Gasteiger partial charge on any atom is 0.270 e. The van der Waals surface area contributed by atoms with Crippen molar-refractivity contribution in [3.63, 3.8) is 0 Å². The van der Waals surface area contributed by atoms with Gasteiger partial charge in [0.1, 0.15) is 11.3 Å². The first kappa shape index (κ1) is 18.8. The molecule has 1 aromatic carbocycles. The number of halogens is 4. The lowest BCUT2D eigenvalue weighted by Crippen LogP contribution is -2.54. The number of carbonyl (C=O) groups is 2. The van der Waals surface area contributed by atoms with Crippen LogP contribution in [-0.4, -0.2) is 16.9 Å². The average molecular weight is 572 g/mol. The summed E-state index contributed by atoms with van der Waals surface area (Å²) >= 11 is 22.6. The van der Waals surface area contributed by atoms with Crippen molar-refractivity contribution in [2.24, 2.45) is 0 Å². The van der Waals surface area contributed by atoms with E-state index in [0.29, 0.717) is 14.0 Å². The van der Waals surface area contributed by atoms with Crippen molar-refractivity contribution >= 4 is 103 Å². The van der Waals surface area contributed by atoms with Crippen molar-refractivity contribution in [1.29, 1.82) is 0 Å². The number of hydrogen-bond donors (Lipinski definition) is 1. The molecule has 1 aromatic heterocycles. The van der Waals surface area contributed by atoms with Crippen LogP contribution >= 0.6 is 73.9 Å². The highest BCUT2D eigenvalue weighted by Gasteiger charge is 2.36. The molecule has 0 radical (unpaired) electrons. The first-order chi connectivity index (χ1) is 11.8. The minimum absolute atomic E-state index is 0.0773. The summed E-state index contributed by atoms with van der Waals surface area (Å²) in [6.45, 7) is 0. The molecule has 1 fully saturated rings. The van der Waals surface area contributed by atoms with Gasteiger partial charge in [-0.1, -0.05) is 29.3 Å². The Kier molecular flexibility index (Phi) is 5.54. The van der Waals surface area contributed by atoms with Crippen LogP contribution in [0, 0.1) is 3.77 Å². The number of anilines is 1. The van der Waals surface area contributed by atoms with Gasteiger partial charge in [0.05, 0.1) is 20.2 Å². The summed E-state index contributed by atoms with van der Waals surface area (Å²) in [5.74, 6) is -0.896. The van der Waals surface area contributed by atoms with E-state index in [1.165, 1.54) is 6.08 Å². The van der Waals surface area contributed by atoms with Gasteiger partial charge < -0.3 is 4.42 Å². The molecule has 2 heterocycles. The third kappa shape index (κ3) is 3.63. The molecule has 1 aliphatic rings. The number of carbonyl (C=O) groups excluding carboxylic acids is 2. The number of hydrogen-bond acceptors (Lipinski definition) is 4. The van der Waals surface area contributed by atoms with Crippen LogP contribution in [0.15, 0.2) is 38.7 Å². The number of benzene rings is 1. The van der Waals surface area contributed by atoms with Crippen LogP contribution in [0.25, 0.3) is 6.08 Å². The Bertz CT molecular complexity index is 941. The molecule has 0 unspecified atom stereocenters. The van der Waals surface area contributed by atoms with Gasteiger partial charge in [0, 0.05) is 22.6 Å². The van der Waals surface area contributed by atoms with Gasteiger partial charge in [0.25, 0.3) is 11.8 Å². The summed E-state index contributed by atoms with van der Waals surface area (Å²) in [6.07, 6.45) is 1.35. The van der Waals surface area contributed by atoms with Gasteiger partial charge in [0.15, 0.2) is 8.88 Å².